The van der Waals surface area contributed by atoms with E-state index >= 15 is 0 Å². The number of allylic oxidation sites excluding steroid dienone is 1. The molecule has 12 heteroatoms. The minimum atomic E-state index is -4.66. The number of halogens is 6. The van der Waals surface area contributed by atoms with Crippen LogP contribution < -0.4 is 5.73 Å². The molecule has 1 aromatic heterocycles. The second-order valence-electron chi connectivity index (χ2n) is 6.11. The molecule has 0 unspecified atom stereocenters. The highest BCUT2D eigenvalue weighted by atomic mass is 19.4. The Hall–Kier alpha value is -3.05. The first kappa shape index (κ1) is 19.7. The van der Waals surface area contributed by atoms with Crippen LogP contribution in [0.15, 0.2) is 23.9 Å². The second-order valence-corrected chi connectivity index (χ2v) is 6.11. The third kappa shape index (κ3) is 3.94. The summed E-state index contributed by atoms with van der Waals surface area (Å²) in [4.78, 5) is 13.5. The lowest BCUT2D eigenvalue weighted by Gasteiger charge is -2.27. The fourth-order valence-electron chi connectivity index (χ4n) is 2.81. The summed E-state index contributed by atoms with van der Waals surface area (Å²) >= 11 is 0. The van der Waals surface area contributed by atoms with E-state index in [4.69, 9.17) is 5.73 Å². The highest BCUT2D eigenvalue weighted by Gasteiger charge is 2.39. The summed E-state index contributed by atoms with van der Waals surface area (Å²) in [6, 6.07) is 1.13. The third-order valence-corrected chi connectivity index (χ3v) is 4.09. The number of hydrogen-bond donors (Lipinski definition) is 1. The van der Waals surface area contributed by atoms with Crippen LogP contribution in [0.3, 0.4) is 0 Å². The molecule has 6 nitrogen and oxygen atoms in total. The van der Waals surface area contributed by atoms with Crippen molar-refractivity contribution in [2.75, 3.05) is 6.54 Å². The summed E-state index contributed by atoms with van der Waals surface area (Å²) in [7, 11) is 0. The smallest absolute Gasteiger partial charge is 0.402 e. The van der Waals surface area contributed by atoms with Gasteiger partial charge in [-0.3, -0.25) is 4.79 Å². The predicted octanol–water partition coefficient (Wildman–Crippen LogP) is 2.14. The Kier molecular flexibility index (Phi) is 5.04. The van der Waals surface area contributed by atoms with Gasteiger partial charge in [-0.25, -0.2) is 13.2 Å². The molecule has 0 saturated heterocycles. The number of carbonyl (C=O) groups is 1. The summed E-state index contributed by atoms with van der Waals surface area (Å²) in [5, 5.41) is 6.55. The van der Waals surface area contributed by atoms with Gasteiger partial charge in [0.2, 0.25) is 11.7 Å². The van der Waals surface area contributed by atoms with E-state index in [1.54, 1.807) is 0 Å². The van der Waals surface area contributed by atoms with Crippen molar-refractivity contribution in [1.29, 1.82) is 0 Å². The first-order valence-corrected chi connectivity index (χ1v) is 7.94. The Bertz CT molecular complexity index is 952. The standard InChI is InChI=1S/C16H13F6N5O/c17-9-3-8(14(19)11(18)5-9)4-10(23)6-13(28)26-1-2-27-12(7-26)24-25-15(27)16(20,21)22/h3,5-6H,1-2,4,7,23H2/b10-6-. The molecule has 0 saturated carbocycles. The maximum absolute atomic E-state index is 13.7. The topological polar surface area (TPSA) is 77.0 Å². The van der Waals surface area contributed by atoms with Gasteiger partial charge < -0.3 is 15.2 Å². The molecule has 2 heterocycles. The minimum absolute atomic E-state index is 0.0443. The molecule has 0 atom stereocenters. The van der Waals surface area contributed by atoms with Crippen LogP contribution in [-0.4, -0.2) is 32.1 Å². The third-order valence-electron chi connectivity index (χ3n) is 4.09. The highest BCUT2D eigenvalue weighted by molar-refractivity contribution is 5.88. The molecule has 1 amide bonds. The molecular weight excluding hydrogens is 392 g/mol. The van der Waals surface area contributed by atoms with Crippen LogP contribution in [-0.2, 0) is 30.5 Å². The highest BCUT2D eigenvalue weighted by Crippen LogP contribution is 2.29. The number of benzene rings is 1. The quantitative estimate of drug-likeness (QED) is 0.482. The summed E-state index contributed by atoms with van der Waals surface area (Å²) in [5.41, 5.74) is 5.12. The summed E-state index contributed by atoms with van der Waals surface area (Å²) in [6.45, 7) is -0.450. The molecule has 1 aromatic carbocycles. The van der Waals surface area contributed by atoms with Gasteiger partial charge in [-0.2, -0.15) is 13.2 Å². The number of carbonyl (C=O) groups excluding carboxylic acids is 1. The Labute approximate surface area is 154 Å². The number of nitrogens with two attached hydrogens (primary N) is 1. The van der Waals surface area contributed by atoms with Crippen molar-refractivity contribution < 1.29 is 31.1 Å². The van der Waals surface area contributed by atoms with Crippen molar-refractivity contribution in [3.05, 3.63) is 58.6 Å². The molecule has 1 aliphatic heterocycles. The zero-order valence-corrected chi connectivity index (χ0v) is 14.1. The van der Waals surface area contributed by atoms with E-state index in [0.717, 1.165) is 16.7 Å². The molecule has 2 aromatic rings. The van der Waals surface area contributed by atoms with E-state index < -0.39 is 41.8 Å². The average Bonchev–Trinajstić information content (AvgIpc) is 3.02. The fourth-order valence-corrected chi connectivity index (χ4v) is 2.81. The lowest BCUT2D eigenvalue weighted by atomic mass is 10.1. The lowest BCUT2D eigenvalue weighted by Crippen LogP contribution is -2.38. The monoisotopic (exact) mass is 405 g/mol. The van der Waals surface area contributed by atoms with Gasteiger partial charge in [-0.05, 0) is 11.6 Å². The molecule has 0 radical (unpaired) electrons. The van der Waals surface area contributed by atoms with Crippen LogP contribution in [0.1, 0.15) is 17.2 Å². The molecule has 3 rings (SSSR count). The van der Waals surface area contributed by atoms with Crippen LogP contribution in [0, 0.1) is 17.5 Å². The van der Waals surface area contributed by atoms with E-state index in [1.165, 1.54) is 4.90 Å². The SMILES string of the molecule is N/C(=C\C(=O)N1CCn2c(nnc2C(F)(F)F)C1)Cc1cc(F)cc(F)c1F. The zero-order chi connectivity index (χ0) is 20.6. The second kappa shape index (κ2) is 7.17. The normalized spacial score (nSPS) is 14.9. The molecule has 2 N–H and O–H groups in total. The van der Waals surface area contributed by atoms with E-state index in [1.807, 2.05) is 0 Å². The van der Waals surface area contributed by atoms with Gasteiger partial charge in [0, 0.05) is 37.3 Å². The van der Waals surface area contributed by atoms with Gasteiger partial charge in [-0.1, -0.05) is 0 Å². The largest absolute Gasteiger partial charge is 0.451 e. The lowest BCUT2D eigenvalue weighted by molar-refractivity contribution is -0.148. The van der Waals surface area contributed by atoms with Gasteiger partial charge in [0.25, 0.3) is 0 Å². The van der Waals surface area contributed by atoms with Crippen molar-refractivity contribution >= 4 is 5.91 Å². The van der Waals surface area contributed by atoms with E-state index in [-0.39, 0.29) is 36.7 Å². The number of rotatable bonds is 3. The molecular formula is C16H13F6N5O. The van der Waals surface area contributed by atoms with Crippen LogP contribution in [0.25, 0.3) is 0 Å². The van der Waals surface area contributed by atoms with Crippen molar-refractivity contribution in [1.82, 2.24) is 19.7 Å². The summed E-state index contributed by atoms with van der Waals surface area (Å²) in [5.74, 6) is -5.51. The van der Waals surface area contributed by atoms with E-state index in [9.17, 15) is 31.1 Å². The average molecular weight is 405 g/mol. The fraction of sp³-hybridized carbons (Fsp3) is 0.312. The Morgan fingerprint density at radius 3 is 2.57 bits per heavy atom. The Balaban J connectivity index is 1.72. The Morgan fingerprint density at radius 2 is 1.89 bits per heavy atom. The minimum Gasteiger partial charge on any atom is -0.402 e. The first-order valence-electron chi connectivity index (χ1n) is 7.94. The summed E-state index contributed by atoms with van der Waals surface area (Å²) < 4.78 is 79.4. The molecule has 1 aliphatic rings. The zero-order valence-electron chi connectivity index (χ0n) is 14.1. The molecule has 0 fully saturated rings. The van der Waals surface area contributed by atoms with Crippen molar-refractivity contribution in [2.45, 2.75) is 25.7 Å². The molecule has 150 valence electrons. The number of nitrogens with zero attached hydrogens (tertiary/aromatic N) is 4. The van der Waals surface area contributed by atoms with Gasteiger partial charge in [0.1, 0.15) is 5.82 Å². The molecule has 0 aliphatic carbocycles. The number of aromatic nitrogens is 3. The van der Waals surface area contributed by atoms with Crippen LogP contribution >= 0.6 is 0 Å². The van der Waals surface area contributed by atoms with Gasteiger partial charge in [-0.15, -0.1) is 10.2 Å². The van der Waals surface area contributed by atoms with Crippen molar-refractivity contribution in [2.24, 2.45) is 5.73 Å². The maximum atomic E-state index is 13.7. The van der Waals surface area contributed by atoms with E-state index in [2.05, 4.69) is 10.2 Å². The predicted molar refractivity (Wildman–Crippen MR) is 82.7 cm³/mol. The van der Waals surface area contributed by atoms with Gasteiger partial charge >= 0.3 is 6.18 Å². The maximum Gasteiger partial charge on any atom is 0.451 e. The number of fused-ring (bicyclic) bond motifs is 1. The Morgan fingerprint density at radius 1 is 1.18 bits per heavy atom. The van der Waals surface area contributed by atoms with E-state index in [0.29, 0.717) is 6.07 Å². The van der Waals surface area contributed by atoms with Crippen molar-refractivity contribution in [3.8, 4) is 0 Å². The van der Waals surface area contributed by atoms with Gasteiger partial charge in [0.05, 0.1) is 6.54 Å². The van der Waals surface area contributed by atoms with Crippen LogP contribution in [0.2, 0.25) is 0 Å². The molecule has 28 heavy (non-hydrogen) atoms. The first-order chi connectivity index (χ1) is 13.1. The number of alkyl halides is 3. The number of amides is 1. The van der Waals surface area contributed by atoms with Gasteiger partial charge in [0.15, 0.2) is 17.5 Å². The van der Waals surface area contributed by atoms with Crippen LogP contribution in [0.5, 0.6) is 0 Å². The molecule has 0 spiro atoms. The number of hydrogen-bond acceptors (Lipinski definition) is 4. The molecule has 0 bridgehead atoms. The summed E-state index contributed by atoms with van der Waals surface area (Å²) in [6.07, 6.45) is -4.15. The van der Waals surface area contributed by atoms with Crippen molar-refractivity contribution in [3.63, 3.8) is 0 Å². The van der Waals surface area contributed by atoms with Crippen LogP contribution in [0.4, 0.5) is 26.3 Å².